The topological polar surface area (TPSA) is 112 Å². The van der Waals surface area contributed by atoms with Crippen LogP contribution in [0.1, 0.15) is 24.8 Å². The van der Waals surface area contributed by atoms with Gasteiger partial charge in [0.2, 0.25) is 11.8 Å². The smallest absolute Gasteiger partial charge is 0.326 e. The Morgan fingerprint density at radius 2 is 1.65 bits per heavy atom. The maximum absolute atomic E-state index is 11.8. The van der Waals surface area contributed by atoms with E-state index < -0.39 is 35.6 Å². The molecule has 0 aliphatic carbocycles. The lowest BCUT2D eigenvalue weighted by molar-refractivity contribution is -0.154. The van der Waals surface area contributed by atoms with Crippen LogP contribution in [0.4, 0.5) is 5.69 Å². The van der Waals surface area contributed by atoms with Crippen molar-refractivity contribution in [1.82, 2.24) is 4.90 Å². The van der Waals surface area contributed by atoms with Gasteiger partial charge in [-0.2, -0.15) is 0 Å². The normalized spacial score (nSPS) is 18.2. The van der Waals surface area contributed by atoms with E-state index >= 15 is 0 Å². The van der Waals surface area contributed by atoms with Gasteiger partial charge in [-0.1, -0.05) is 12.1 Å². The van der Waals surface area contributed by atoms with Crippen LogP contribution in [0.5, 0.6) is 0 Å². The van der Waals surface area contributed by atoms with Gasteiger partial charge >= 0.3 is 5.97 Å². The van der Waals surface area contributed by atoms with E-state index in [9.17, 15) is 29.1 Å². The van der Waals surface area contributed by atoms with Gasteiger partial charge < -0.3 is 5.11 Å². The monoisotopic (exact) mass is 356 g/mol. The Bertz CT molecular complexity index is 810. The fourth-order valence-electron chi connectivity index (χ4n) is 3.11. The van der Waals surface area contributed by atoms with E-state index in [4.69, 9.17) is 0 Å². The lowest BCUT2D eigenvalue weighted by Crippen LogP contribution is -2.44. The third-order valence-corrected chi connectivity index (χ3v) is 4.37. The predicted molar refractivity (Wildman–Crippen MR) is 88.9 cm³/mol. The second-order valence-corrected chi connectivity index (χ2v) is 6.07. The van der Waals surface area contributed by atoms with Crippen molar-refractivity contribution in [2.45, 2.75) is 31.7 Å². The third kappa shape index (κ3) is 3.26. The predicted octanol–water partition coefficient (Wildman–Crippen LogP) is 0.651. The molecule has 1 unspecified atom stereocenters. The van der Waals surface area contributed by atoms with Crippen molar-refractivity contribution in [3.63, 3.8) is 0 Å². The van der Waals surface area contributed by atoms with Crippen molar-refractivity contribution in [3.8, 4) is 0 Å². The summed E-state index contributed by atoms with van der Waals surface area (Å²) in [4.78, 5) is 60.5. The standard InChI is InChI=1S/C18H16N2O6/c21-14-6-7-15(22)19(14)12-3-1-2-11(10-12)4-5-13(18(25)26)20-16(23)8-9-17(20)24/h1-3,6-7,10,13H,4-5,8-9H2,(H,25,26). The van der Waals surface area contributed by atoms with E-state index in [2.05, 4.69) is 0 Å². The molecular weight excluding hydrogens is 340 g/mol. The Hall–Kier alpha value is -3.29. The Labute approximate surface area is 148 Å². The van der Waals surface area contributed by atoms with Gasteiger partial charge in [0.05, 0.1) is 5.69 Å². The van der Waals surface area contributed by atoms with Crippen LogP contribution >= 0.6 is 0 Å². The fraction of sp³-hybridized carbons (Fsp3) is 0.278. The zero-order valence-corrected chi connectivity index (χ0v) is 13.8. The number of imide groups is 2. The molecule has 2 heterocycles. The van der Waals surface area contributed by atoms with Crippen LogP contribution in [0.15, 0.2) is 36.4 Å². The number of benzene rings is 1. The summed E-state index contributed by atoms with van der Waals surface area (Å²) in [6.45, 7) is 0. The molecule has 0 spiro atoms. The molecule has 8 heteroatoms. The highest BCUT2D eigenvalue weighted by molar-refractivity contribution is 6.28. The van der Waals surface area contributed by atoms with Crippen molar-refractivity contribution >= 4 is 35.3 Å². The van der Waals surface area contributed by atoms with Crippen molar-refractivity contribution in [2.75, 3.05) is 4.90 Å². The molecule has 1 aromatic rings. The van der Waals surface area contributed by atoms with Gasteiger partial charge in [-0.15, -0.1) is 0 Å². The molecule has 1 saturated heterocycles. The first kappa shape index (κ1) is 17.5. The quantitative estimate of drug-likeness (QED) is 0.749. The van der Waals surface area contributed by atoms with E-state index in [1.807, 2.05) is 0 Å². The van der Waals surface area contributed by atoms with Crippen LogP contribution in [0.3, 0.4) is 0 Å². The number of rotatable bonds is 6. The first-order chi connectivity index (χ1) is 12.4. The number of anilines is 1. The minimum absolute atomic E-state index is 0.0320. The van der Waals surface area contributed by atoms with Crippen molar-refractivity contribution in [2.24, 2.45) is 0 Å². The number of carboxylic acids is 1. The first-order valence-corrected chi connectivity index (χ1v) is 8.11. The molecule has 8 nitrogen and oxygen atoms in total. The number of aliphatic carboxylic acids is 1. The minimum atomic E-state index is -1.24. The first-order valence-electron chi connectivity index (χ1n) is 8.11. The van der Waals surface area contributed by atoms with Crippen LogP contribution in [0.25, 0.3) is 0 Å². The van der Waals surface area contributed by atoms with Gasteiger partial charge in [-0.25, -0.2) is 9.69 Å². The summed E-state index contributed by atoms with van der Waals surface area (Å²) in [6, 6.07) is 5.39. The molecule has 1 aromatic carbocycles. The van der Waals surface area contributed by atoms with E-state index in [0.29, 0.717) is 11.3 Å². The summed E-state index contributed by atoms with van der Waals surface area (Å²) in [6.07, 6.45) is 2.75. The number of carboxylic acid groups (broad SMARTS) is 1. The molecule has 134 valence electrons. The van der Waals surface area contributed by atoms with Crippen LogP contribution in [-0.4, -0.2) is 45.6 Å². The molecule has 3 rings (SSSR count). The Morgan fingerprint density at radius 1 is 1.04 bits per heavy atom. The lowest BCUT2D eigenvalue weighted by Gasteiger charge is -2.22. The molecular formula is C18H16N2O6. The number of hydrogen-bond donors (Lipinski definition) is 1. The Kier molecular flexibility index (Phi) is 4.66. The number of likely N-dealkylation sites (tertiary alicyclic amines) is 1. The van der Waals surface area contributed by atoms with Gasteiger partial charge in [0.25, 0.3) is 11.8 Å². The average Bonchev–Trinajstić information content (AvgIpc) is 3.10. The number of nitrogens with zero attached hydrogens (tertiary/aromatic N) is 2. The summed E-state index contributed by atoms with van der Waals surface area (Å²) >= 11 is 0. The number of carbonyl (C=O) groups is 5. The molecule has 1 N–H and O–H groups in total. The third-order valence-electron chi connectivity index (χ3n) is 4.37. The number of hydrogen-bond acceptors (Lipinski definition) is 5. The van der Waals surface area contributed by atoms with Crippen LogP contribution < -0.4 is 4.90 Å². The highest BCUT2D eigenvalue weighted by atomic mass is 16.4. The average molecular weight is 356 g/mol. The molecule has 0 radical (unpaired) electrons. The maximum atomic E-state index is 11.8. The van der Waals surface area contributed by atoms with Gasteiger partial charge in [-0.05, 0) is 30.5 Å². The fourth-order valence-corrected chi connectivity index (χ4v) is 3.11. The summed E-state index contributed by atoms with van der Waals surface area (Å²) in [5.74, 6) is -3.07. The number of aryl methyl sites for hydroxylation is 1. The molecule has 1 atom stereocenters. The summed E-state index contributed by atoms with van der Waals surface area (Å²) < 4.78 is 0. The number of amides is 4. The van der Waals surface area contributed by atoms with Crippen LogP contribution in [-0.2, 0) is 30.4 Å². The molecule has 0 saturated carbocycles. The van der Waals surface area contributed by atoms with Gasteiger partial charge in [-0.3, -0.25) is 24.1 Å². The van der Waals surface area contributed by atoms with Crippen LogP contribution in [0.2, 0.25) is 0 Å². The maximum Gasteiger partial charge on any atom is 0.326 e. The van der Waals surface area contributed by atoms with Gasteiger partial charge in [0.1, 0.15) is 6.04 Å². The zero-order chi connectivity index (χ0) is 18.8. The van der Waals surface area contributed by atoms with E-state index in [1.54, 1.807) is 24.3 Å². The number of carbonyl (C=O) groups excluding carboxylic acids is 4. The summed E-state index contributed by atoms with van der Waals surface area (Å²) in [7, 11) is 0. The van der Waals surface area contributed by atoms with E-state index in [1.165, 1.54) is 12.2 Å². The van der Waals surface area contributed by atoms with E-state index in [-0.39, 0.29) is 25.7 Å². The second kappa shape index (κ2) is 6.91. The molecule has 1 fully saturated rings. The highest BCUT2D eigenvalue weighted by Gasteiger charge is 2.38. The van der Waals surface area contributed by atoms with E-state index in [0.717, 1.165) is 9.80 Å². The molecule has 4 amide bonds. The molecule has 26 heavy (non-hydrogen) atoms. The summed E-state index contributed by atoms with van der Waals surface area (Å²) in [5.41, 5.74) is 1.09. The van der Waals surface area contributed by atoms with Crippen molar-refractivity contribution in [1.29, 1.82) is 0 Å². The second-order valence-electron chi connectivity index (χ2n) is 6.07. The van der Waals surface area contributed by atoms with Crippen molar-refractivity contribution < 1.29 is 29.1 Å². The summed E-state index contributed by atoms with van der Waals surface area (Å²) in [5, 5.41) is 9.39. The molecule has 2 aliphatic rings. The largest absolute Gasteiger partial charge is 0.480 e. The van der Waals surface area contributed by atoms with Gasteiger partial charge in [0, 0.05) is 25.0 Å². The molecule has 0 bridgehead atoms. The minimum Gasteiger partial charge on any atom is -0.480 e. The van der Waals surface area contributed by atoms with Crippen LogP contribution in [0, 0.1) is 0 Å². The molecule has 2 aliphatic heterocycles. The van der Waals surface area contributed by atoms with Gasteiger partial charge in [0.15, 0.2) is 0 Å². The Balaban J connectivity index is 1.74. The lowest BCUT2D eigenvalue weighted by atomic mass is 10.0. The highest BCUT2D eigenvalue weighted by Crippen LogP contribution is 2.23. The zero-order valence-electron chi connectivity index (χ0n) is 13.8. The SMILES string of the molecule is O=C(O)C(CCc1cccc(N2C(=O)C=CC2=O)c1)N1C(=O)CCC1=O. The van der Waals surface area contributed by atoms with Crippen molar-refractivity contribution in [3.05, 3.63) is 42.0 Å². The molecule has 0 aromatic heterocycles. The Morgan fingerprint density at radius 3 is 2.23 bits per heavy atom.